The van der Waals surface area contributed by atoms with Crippen LogP contribution in [0.2, 0.25) is 0 Å². The smallest absolute Gasteiger partial charge is 0.161 e. The maximum absolute atomic E-state index is 6.27. The number of ether oxygens (including phenoxy) is 2. The monoisotopic (exact) mass is 339 g/mol. The Balaban J connectivity index is 1.68. The summed E-state index contributed by atoms with van der Waals surface area (Å²) in [6, 6.07) is 20.2. The lowest BCUT2D eigenvalue weighted by Crippen LogP contribution is -2.11. The van der Waals surface area contributed by atoms with Crippen LogP contribution in [0.3, 0.4) is 0 Å². The first-order chi connectivity index (χ1) is 11.8. The number of hydrogen-bond donors (Lipinski definition) is 1. The molecule has 0 spiro atoms. The average Bonchev–Trinajstić information content (AvgIpc) is 3.16. The molecule has 0 amide bonds. The molecular formula is C20H21NO2S. The molecule has 1 atom stereocenters. The number of nitrogens with two attached hydrogens (primary N) is 1. The fourth-order valence-electron chi connectivity index (χ4n) is 2.55. The highest BCUT2D eigenvalue weighted by atomic mass is 32.1. The summed E-state index contributed by atoms with van der Waals surface area (Å²) >= 11 is 1.69. The zero-order chi connectivity index (χ0) is 16.8. The number of benzene rings is 2. The van der Waals surface area contributed by atoms with Crippen LogP contribution in [0.25, 0.3) is 0 Å². The molecule has 0 aliphatic heterocycles. The van der Waals surface area contributed by atoms with Gasteiger partial charge in [-0.05, 0) is 41.1 Å². The number of hydrogen-bond acceptors (Lipinski definition) is 4. The maximum atomic E-state index is 6.27. The van der Waals surface area contributed by atoms with E-state index < -0.39 is 0 Å². The van der Waals surface area contributed by atoms with Crippen molar-refractivity contribution in [3.8, 4) is 11.5 Å². The van der Waals surface area contributed by atoms with Crippen LogP contribution in [0.15, 0.2) is 66.0 Å². The predicted molar refractivity (Wildman–Crippen MR) is 98.7 cm³/mol. The summed E-state index contributed by atoms with van der Waals surface area (Å²) in [6.45, 7) is 0.519. The van der Waals surface area contributed by atoms with Gasteiger partial charge in [0.05, 0.1) is 7.11 Å². The molecule has 0 aliphatic rings. The molecule has 3 aromatic rings. The number of rotatable bonds is 7. The largest absolute Gasteiger partial charge is 0.493 e. The molecule has 24 heavy (non-hydrogen) atoms. The average molecular weight is 339 g/mol. The molecule has 1 heterocycles. The first-order valence-corrected chi connectivity index (χ1v) is 8.77. The van der Waals surface area contributed by atoms with E-state index in [1.807, 2.05) is 48.5 Å². The third-order valence-corrected chi connectivity index (χ3v) is 4.83. The highest BCUT2D eigenvalue weighted by Crippen LogP contribution is 2.30. The minimum atomic E-state index is 0.00536. The van der Waals surface area contributed by atoms with Crippen molar-refractivity contribution in [1.29, 1.82) is 0 Å². The molecule has 0 saturated carbocycles. The van der Waals surface area contributed by atoms with Gasteiger partial charge in [-0.15, -0.1) is 11.3 Å². The summed E-state index contributed by atoms with van der Waals surface area (Å²) < 4.78 is 11.4. The van der Waals surface area contributed by atoms with Gasteiger partial charge in [0.2, 0.25) is 0 Å². The summed E-state index contributed by atoms with van der Waals surface area (Å²) in [5.74, 6) is 1.48. The van der Waals surface area contributed by atoms with Gasteiger partial charge in [-0.1, -0.05) is 42.5 Å². The van der Waals surface area contributed by atoms with Crippen molar-refractivity contribution < 1.29 is 9.47 Å². The van der Waals surface area contributed by atoms with Gasteiger partial charge in [0.15, 0.2) is 11.5 Å². The molecule has 0 saturated heterocycles. The quantitative estimate of drug-likeness (QED) is 0.685. The zero-order valence-corrected chi connectivity index (χ0v) is 14.5. The second-order valence-corrected chi connectivity index (χ2v) is 6.56. The van der Waals surface area contributed by atoms with Gasteiger partial charge < -0.3 is 15.2 Å². The molecule has 0 bridgehead atoms. The third-order valence-electron chi connectivity index (χ3n) is 3.83. The fourth-order valence-corrected chi connectivity index (χ4v) is 3.28. The Morgan fingerprint density at radius 3 is 2.50 bits per heavy atom. The molecule has 0 radical (unpaired) electrons. The lowest BCUT2D eigenvalue weighted by molar-refractivity contribution is 0.284. The van der Waals surface area contributed by atoms with Crippen molar-refractivity contribution in [1.82, 2.24) is 0 Å². The van der Waals surface area contributed by atoms with Crippen molar-refractivity contribution in [3.63, 3.8) is 0 Å². The highest BCUT2D eigenvalue weighted by molar-refractivity contribution is 7.10. The van der Waals surface area contributed by atoms with Gasteiger partial charge in [0, 0.05) is 10.9 Å². The normalized spacial score (nSPS) is 11.9. The molecule has 2 aromatic carbocycles. The second kappa shape index (κ2) is 7.99. The van der Waals surface area contributed by atoms with E-state index in [1.165, 1.54) is 4.88 Å². The van der Waals surface area contributed by atoms with Crippen LogP contribution in [-0.4, -0.2) is 7.11 Å². The van der Waals surface area contributed by atoms with Crippen molar-refractivity contribution >= 4 is 11.3 Å². The lowest BCUT2D eigenvalue weighted by Gasteiger charge is -2.14. The summed E-state index contributed by atoms with van der Waals surface area (Å²) in [7, 11) is 1.66. The Bertz CT molecular complexity index is 757. The van der Waals surface area contributed by atoms with E-state index in [4.69, 9.17) is 15.2 Å². The molecule has 124 valence electrons. The number of thiophene rings is 1. The Morgan fingerprint density at radius 2 is 1.79 bits per heavy atom. The SMILES string of the molecule is COc1cc(CC(N)c2cccs2)ccc1OCc1ccccc1. The van der Waals surface area contributed by atoms with Gasteiger partial charge in [0.1, 0.15) is 6.61 Å². The minimum Gasteiger partial charge on any atom is -0.493 e. The van der Waals surface area contributed by atoms with E-state index in [-0.39, 0.29) is 6.04 Å². The third kappa shape index (κ3) is 4.16. The Kier molecular flexibility index (Phi) is 5.51. The zero-order valence-electron chi connectivity index (χ0n) is 13.6. The van der Waals surface area contributed by atoms with E-state index in [2.05, 4.69) is 17.5 Å². The molecule has 0 aliphatic carbocycles. The van der Waals surface area contributed by atoms with E-state index >= 15 is 0 Å². The molecule has 0 fully saturated rings. The summed E-state index contributed by atoms with van der Waals surface area (Å²) in [5, 5.41) is 2.05. The topological polar surface area (TPSA) is 44.5 Å². The summed E-state index contributed by atoms with van der Waals surface area (Å²) in [4.78, 5) is 1.19. The molecule has 3 nitrogen and oxygen atoms in total. The van der Waals surface area contributed by atoms with Gasteiger partial charge in [-0.2, -0.15) is 0 Å². The van der Waals surface area contributed by atoms with Gasteiger partial charge in [-0.25, -0.2) is 0 Å². The van der Waals surface area contributed by atoms with Crippen LogP contribution >= 0.6 is 11.3 Å². The standard InChI is InChI=1S/C20H21NO2S/c1-22-19-13-16(12-17(21)20-8-5-11-24-20)9-10-18(19)23-14-15-6-3-2-4-7-15/h2-11,13,17H,12,14,21H2,1H3. The van der Waals surface area contributed by atoms with Gasteiger partial charge in [0.25, 0.3) is 0 Å². The molecule has 2 N–H and O–H groups in total. The predicted octanol–water partition coefficient (Wildman–Crippen LogP) is 4.58. The first-order valence-electron chi connectivity index (χ1n) is 7.89. The molecular weight excluding hydrogens is 318 g/mol. The Morgan fingerprint density at radius 1 is 0.958 bits per heavy atom. The van der Waals surface area contributed by atoms with Crippen molar-refractivity contribution in [2.24, 2.45) is 5.73 Å². The van der Waals surface area contributed by atoms with Crippen LogP contribution in [0.5, 0.6) is 11.5 Å². The number of methoxy groups -OCH3 is 1. The van der Waals surface area contributed by atoms with Crippen molar-refractivity contribution in [3.05, 3.63) is 82.0 Å². The molecule has 3 rings (SSSR count). The van der Waals surface area contributed by atoms with E-state index in [0.29, 0.717) is 6.61 Å². The molecule has 4 heteroatoms. The van der Waals surface area contributed by atoms with Gasteiger partial charge in [-0.3, -0.25) is 0 Å². The molecule has 1 unspecified atom stereocenters. The van der Waals surface area contributed by atoms with E-state index in [1.54, 1.807) is 18.4 Å². The van der Waals surface area contributed by atoms with Crippen LogP contribution in [0, 0.1) is 0 Å². The Hall–Kier alpha value is -2.30. The first kappa shape index (κ1) is 16.6. The minimum absolute atomic E-state index is 0.00536. The Labute approximate surface area is 146 Å². The van der Waals surface area contributed by atoms with Crippen LogP contribution < -0.4 is 15.2 Å². The maximum Gasteiger partial charge on any atom is 0.161 e. The van der Waals surface area contributed by atoms with Crippen molar-refractivity contribution in [2.45, 2.75) is 19.1 Å². The molecule has 1 aromatic heterocycles. The summed E-state index contributed by atoms with van der Waals surface area (Å²) in [5.41, 5.74) is 8.54. The van der Waals surface area contributed by atoms with Crippen LogP contribution in [-0.2, 0) is 13.0 Å². The van der Waals surface area contributed by atoms with Crippen LogP contribution in [0.4, 0.5) is 0 Å². The summed E-state index contributed by atoms with van der Waals surface area (Å²) in [6.07, 6.45) is 0.774. The second-order valence-electron chi connectivity index (χ2n) is 5.59. The highest BCUT2D eigenvalue weighted by Gasteiger charge is 2.11. The van der Waals surface area contributed by atoms with E-state index in [9.17, 15) is 0 Å². The lowest BCUT2D eigenvalue weighted by atomic mass is 10.0. The van der Waals surface area contributed by atoms with Crippen molar-refractivity contribution in [2.75, 3.05) is 7.11 Å². The van der Waals surface area contributed by atoms with E-state index in [0.717, 1.165) is 29.0 Å². The van der Waals surface area contributed by atoms with Crippen LogP contribution in [0.1, 0.15) is 22.0 Å². The fraction of sp³-hybridized carbons (Fsp3) is 0.200. The van der Waals surface area contributed by atoms with Gasteiger partial charge >= 0.3 is 0 Å².